The van der Waals surface area contributed by atoms with Crippen LogP contribution in [-0.2, 0) is 6.18 Å². The molecule has 0 unspecified atom stereocenters. The van der Waals surface area contributed by atoms with Gasteiger partial charge in [-0.1, -0.05) is 0 Å². The van der Waals surface area contributed by atoms with Crippen molar-refractivity contribution in [3.8, 4) is 0 Å². The smallest absolute Gasteiger partial charge is 0.332 e. The van der Waals surface area contributed by atoms with E-state index in [2.05, 4.69) is 4.98 Å². The highest BCUT2D eigenvalue weighted by molar-refractivity contribution is 5.89. The highest BCUT2D eigenvalue weighted by atomic mass is 19.4. The molecule has 2 heterocycles. The summed E-state index contributed by atoms with van der Waals surface area (Å²) < 4.78 is 37.9. The minimum Gasteiger partial charge on any atom is -0.332 e. The highest BCUT2D eigenvalue weighted by Gasteiger charge is 2.32. The summed E-state index contributed by atoms with van der Waals surface area (Å²) >= 11 is 0. The molecule has 0 saturated carbocycles. The molecule has 2 rings (SSSR count). The molecule has 0 bridgehead atoms. The van der Waals surface area contributed by atoms with Crippen molar-refractivity contribution >= 4 is 5.97 Å². The van der Waals surface area contributed by atoms with Crippen LogP contribution in [0, 0.1) is 0 Å². The number of carbonyl (C=O) groups excluding carboxylic acids is 1. The van der Waals surface area contributed by atoms with Crippen molar-refractivity contribution in [1.29, 1.82) is 0 Å². The third-order valence-corrected chi connectivity index (χ3v) is 2.06. The van der Waals surface area contributed by atoms with Gasteiger partial charge >= 0.3 is 12.1 Å². The fourth-order valence-electron chi connectivity index (χ4n) is 1.21. The van der Waals surface area contributed by atoms with Crippen molar-refractivity contribution < 1.29 is 22.8 Å². The van der Waals surface area contributed by atoms with E-state index >= 15 is 0 Å². The Morgan fingerprint density at radius 1 is 1.22 bits per heavy atom. The second-order valence-corrected chi connectivity index (χ2v) is 3.35. The molecule has 4 nitrogen and oxygen atoms in total. The normalized spacial score (nSPS) is 11.3. The first-order chi connectivity index (χ1) is 8.47. The predicted molar refractivity (Wildman–Crippen MR) is 54.6 cm³/mol. The standard InChI is InChI=1S/C11H7F3N2O2/c12-11(13,14)9-4-3-8(7-15-9)10(17)18-16-5-1-2-6-16/h1-7H. The first-order valence-electron chi connectivity index (χ1n) is 4.86. The van der Waals surface area contributed by atoms with E-state index in [1.807, 2.05) is 0 Å². The topological polar surface area (TPSA) is 44.1 Å². The molecule has 0 spiro atoms. The number of aromatic nitrogens is 2. The monoisotopic (exact) mass is 256 g/mol. The van der Waals surface area contributed by atoms with E-state index in [1.54, 1.807) is 12.1 Å². The van der Waals surface area contributed by atoms with Crippen molar-refractivity contribution in [3.05, 3.63) is 54.1 Å². The second kappa shape index (κ2) is 4.52. The number of carbonyl (C=O) groups is 1. The lowest BCUT2D eigenvalue weighted by atomic mass is 10.2. The molecule has 2 aromatic heterocycles. The number of halogens is 3. The molecule has 18 heavy (non-hydrogen) atoms. The summed E-state index contributed by atoms with van der Waals surface area (Å²) in [6, 6.07) is 5.02. The predicted octanol–water partition coefficient (Wildman–Crippen LogP) is 2.17. The molecule has 0 aromatic carbocycles. The average molecular weight is 256 g/mol. The molecule has 0 aliphatic heterocycles. The summed E-state index contributed by atoms with van der Waals surface area (Å²) in [6.07, 6.45) is -0.734. The van der Waals surface area contributed by atoms with Crippen LogP contribution >= 0.6 is 0 Å². The Morgan fingerprint density at radius 2 is 1.89 bits per heavy atom. The van der Waals surface area contributed by atoms with Crippen molar-refractivity contribution in [2.24, 2.45) is 0 Å². The number of pyridine rings is 1. The van der Waals surface area contributed by atoms with E-state index in [4.69, 9.17) is 4.84 Å². The minimum absolute atomic E-state index is 0.0586. The van der Waals surface area contributed by atoms with Gasteiger partial charge in [-0.2, -0.15) is 17.9 Å². The Balaban J connectivity index is 2.12. The summed E-state index contributed by atoms with van der Waals surface area (Å²) in [5.74, 6) is -0.785. The number of hydrogen-bond donors (Lipinski definition) is 0. The van der Waals surface area contributed by atoms with Crippen LogP contribution in [0.2, 0.25) is 0 Å². The molecule has 0 N–H and O–H groups in total. The molecule has 94 valence electrons. The van der Waals surface area contributed by atoms with Gasteiger partial charge in [-0.05, 0) is 24.3 Å². The van der Waals surface area contributed by atoms with Gasteiger partial charge in [0.1, 0.15) is 5.69 Å². The van der Waals surface area contributed by atoms with Crippen molar-refractivity contribution in [2.75, 3.05) is 0 Å². The second-order valence-electron chi connectivity index (χ2n) is 3.35. The van der Waals surface area contributed by atoms with E-state index in [1.165, 1.54) is 12.4 Å². The van der Waals surface area contributed by atoms with E-state index in [-0.39, 0.29) is 5.56 Å². The van der Waals surface area contributed by atoms with Gasteiger partial charge in [0.15, 0.2) is 0 Å². The third-order valence-electron chi connectivity index (χ3n) is 2.06. The highest BCUT2D eigenvalue weighted by Crippen LogP contribution is 2.27. The van der Waals surface area contributed by atoms with Gasteiger partial charge in [0.2, 0.25) is 0 Å². The Morgan fingerprint density at radius 3 is 2.39 bits per heavy atom. The maximum absolute atomic E-state index is 12.2. The van der Waals surface area contributed by atoms with Crippen LogP contribution in [0.1, 0.15) is 16.1 Å². The zero-order chi connectivity index (χ0) is 13.2. The molecule has 7 heteroatoms. The molecule has 0 saturated heterocycles. The Hall–Kier alpha value is -2.31. The number of rotatable bonds is 2. The summed E-state index contributed by atoms with van der Waals surface area (Å²) in [5.41, 5.74) is -1.11. The summed E-state index contributed by atoms with van der Waals surface area (Å²) in [5, 5.41) is 0. The van der Waals surface area contributed by atoms with Gasteiger partial charge in [0.05, 0.1) is 5.56 Å². The third kappa shape index (κ3) is 2.68. The van der Waals surface area contributed by atoms with Crippen molar-refractivity contribution in [2.45, 2.75) is 6.18 Å². The maximum atomic E-state index is 12.2. The van der Waals surface area contributed by atoms with Crippen LogP contribution in [0.15, 0.2) is 42.9 Å². The van der Waals surface area contributed by atoms with Crippen LogP contribution in [0.5, 0.6) is 0 Å². The van der Waals surface area contributed by atoms with Crippen LogP contribution in [0.4, 0.5) is 13.2 Å². The minimum atomic E-state index is -4.52. The maximum Gasteiger partial charge on any atom is 0.433 e. The van der Waals surface area contributed by atoms with Crippen LogP contribution in [0.3, 0.4) is 0 Å². The number of nitrogens with zero attached hydrogens (tertiary/aromatic N) is 2. The van der Waals surface area contributed by atoms with Crippen LogP contribution < -0.4 is 4.84 Å². The van der Waals surface area contributed by atoms with Gasteiger partial charge in [0.25, 0.3) is 0 Å². The Kier molecular flexibility index (Phi) is 3.05. The first-order valence-corrected chi connectivity index (χ1v) is 4.86. The zero-order valence-electron chi connectivity index (χ0n) is 8.89. The molecular weight excluding hydrogens is 249 g/mol. The van der Waals surface area contributed by atoms with E-state index in [0.29, 0.717) is 0 Å². The Bertz CT molecular complexity index is 532. The summed E-state index contributed by atoms with van der Waals surface area (Å²) in [6.45, 7) is 0. The number of hydrogen-bond acceptors (Lipinski definition) is 3. The Labute approximate surface area is 99.6 Å². The molecule has 0 radical (unpaired) electrons. The quantitative estimate of drug-likeness (QED) is 0.827. The lowest BCUT2D eigenvalue weighted by molar-refractivity contribution is -0.141. The molecule has 0 atom stereocenters. The van der Waals surface area contributed by atoms with Crippen LogP contribution in [-0.4, -0.2) is 15.7 Å². The lowest BCUT2D eigenvalue weighted by Crippen LogP contribution is -2.19. The molecule has 0 aliphatic carbocycles. The molecule has 0 amide bonds. The fourth-order valence-corrected chi connectivity index (χ4v) is 1.21. The largest absolute Gasteiger partial charge is 0.433 e. The molecule has 0 aliphatic rings. The molecule has 2 aromatic rings. The lowest BCUT2D eigenvalue weighted by Gasteiger charge is -2.06. The fraction of sp³-hybridized carbons (Fsp3) is 0.0909. The van der Waals surface area contributed by atoms with Crippen LogP contribution in [0.25, 0.3) is 0 Å². The molecule has 0 fully saturated rings. The van der Waals surface area contributed by atoms with Gasteiger partial charge in [-0.15, -0.1) is 0 Å². The van der Waals surface area contributed by atoms with E-state index in [9.17, 15) is 18.0 Å². The van der Waals surface area contributed by atoms with Crippen molar-refractivity contribution in [3.63, 3.8) is 0 Å². The molecular formula is C11H7F3N2O2. The average Bonchev–Trinajstić information content (AvgIpc) is 2.81. The first kappa shape index (κ1) is 12.2. The van der Waals surface area contributed by atoms with E-state index in [0.717, 1.165) is 23.1 Å². The zero-order valence-corrected chi connectivity index (χ0v) is 8.89. The SMILES string of the molecule is O=C(On1cccc1)c1ccc(C(F)(F)F)nc1. The number of alkyl halides is 3. The summed E-state index contributed by atoms with van der Waals surface area (Å²) in [4.78, 5) is 19.5. The van der Waals surface area contributed by atoms with E-state index < -0.39 is 17.8 Å². The van der Waals surface area contributed by atoms with Gasteiger partial charge in [-0.3, -0.25) is 4.98 Å². The van der Waals surface area contributed by atoms with Gasteiger partial charge < -0.3 is 4.84 Å². The van der Waals surface area contributed by atoms with Crippen molar-refractivity contribution in [1.82, 2.24) is 9.71 Å². The summed E-state index contributed by atoms with van der Waals surface area (Å²) in [7, 11) is 0. The van der Waals surface area contributed by atoms with Gasteiger partial charge in [-0.25, -0.2) is 4.79 Å². The van der Waals surface area contributed by atoms with Gasteiger partial charge in [0, 0.05) is 18.6 Å².